The van der Waals surface area contributed by atoms with Crippen molar-refractivity contribution in [2.24, 2.45) is 0 Å². The Morgan fingerprint density at radius 3 is 1.24 bits per heavy atom. The first-order valence-electron chi connectivity index (χ1n) is 5.17. The Balaban J connectivity index is 0. The molecule has 0 aromatic carbocycles. The van der Waals surface area contributed by atoms with E-state index in [-0.39, 0.29) is 6.29 Å². The first-order chi connectivity index (χ1) is 10.8. The molecule has 21 heteroatoms. The maximum Gasteiger partial charge on any atom is 0.490 e. The van der Waals surface area contributed by atoms with Crippen LogP contribution in [0.2, 0.25) is 0 Å². The van der Waals surface area contributed by atoms with E-state index in [1.165, 1.54) is 0 Å². The lowest BCUT2D eigenvalue weighted by Gasteiger charge is -2.15. The van der Waals surface area contributed by atoms with Gasteiger partial charge in [0.1, 0.15) is 12.2 Å². The molecule has 17 nitrogen and oxygen atoms in total. The molecule has 152 valence electrons. The average molecular weight is 458 g/mol. The van der Waals surface area contributed by atoms with Gasteiger partial charge < -0.3 is 49.5 Å². The van der Waals surface area contributed by atoms with Gasteiger partial charge in [-0.25, -0.2) is 18.3 Å². The van der Waals surface area contributed by atoms with E-state index in [0.29, 0.717) is 0 Å². The molecule has 0 aromatic heterocycles. The van der Waals surface area contributed by atoms with Crippen molar-refractivity contribution in [1.82, 2.24) is 0 Å². The molecule has 25 heavy (non-hydrogen) atoms. The number of hydrogen-bond acceptors (Lipinski definition) is 11. The quantitative estimate of drug-likeness (QED) is 0.126. The summed E-state index contributed by atoms with van der Waals surface area (Å²) in [6.07, 6.45) is -2.63. The second kappa shape index (κ2) is 10.4. The number of hydrogen-bond donors (Lipinski definition) is 9. The Morgan fingerprint density at radius 1 is 0.760 bits per heavy atom. The van der Waals surface area contributed by atoms with Crippen LogP contribution in [0.15, 0.2) is 0 Å². The van der Waals surface area contributed by atoms with Gasteiger partial charge in [0, 0.05) is 0 Å². The normalized spacial score (nSPS) is 19.6. The number of aliphatic hydroxyl groups is 3. The van der Waals surface area contributed by atoms with E-state index >= 15 is 0 Å². The van der Waals surface area contributed by atoms with E-state index in [2.05, 4.69) is 12.9 Å². The van der Waals surface area contributed by atoms with Crippen LogP contribution in [0.1, 0.15) is 0 Å². The Hall–Kier alpha value is 0.110. The van der Waals surface area contributed by atoms with E-state index in [9.17, 15) is 23.1 Å². The molecule has 0 radical (unpaired) electrons. The Bertz CT molecular complexity index is 558. The van der Waals surface area contributed by atoms with Gasteiger partial charge in [0.25, 0.3) is 0 Å². The maximum absolute atomic E-state index is 10.7. The molecule has 0 saturated carbocycles. The fourth-order valence-electron chi connectivity index (χ4n) is 0.628. The van der Waals surface area contributed by atoms with Crippen molar-refractivity contribution in [2.45, 2.75) is 12.2 Å². The first kappa shape index (κ1) is 27.3. The molecule has 0 aromatic rings. The van der Waals surface area contributed by atoms with Gasteiger partial charge in [0.2, 0.25) is 0 Å². The predicted octanol–water partition coefficient (Wildman–Crippen LogP) is -2.68. The third kappa shape index (κ3) is 17.3. The number of carbonyl (C=O) groups is 1. The van der Waals surface area contributed by atoms with Crippen LogP contribution in [0, 0.1) is 0 Å². The van der Waals surface area contributed by atoms with Gasteiger partial charge in [-0.05, 0) is 0 Å². The maximum atomic E-state index is 10.7. The van der Waals surface area contributed by atoms with Crippen molar-refractivity contribution in [1.29, 1.82) is 0 Å². The molecule has 0 amide bonds. The van der Waals surface area contributed by atoms with Crippen LogP contribution in [-0.2, 0) is 36.0 Å². The fraction of sp³-hybridized carbons (Fsp3) is 0.750. The summed E-state index contributed by atoms with van der Waals surface area (Å²) in [6, 6.07) is 0. The summed E-state index contributed by atoms with van der Waals surface area (Å²) in [6.45, 7) is -0.597. The molecule has 0 aliphatic rings. The minimum absolute atomic E-state index is 0.168. The van der Waals surface area contributed by atoms with Gasteiger partial charge in [0.05, 0.1) is 6.61 Å². The van der Waals surface area contributed by atoms with Crippen LogP contribution < -0.4 is 0 Å². The summed E-state index contributed by atoms with van der Waals surface area (Å²) in [5.74, 6) is 0. The minimum atomic E-state index is -5.77. The van der Waals surface area contributed by atoms with Crippen LogP contribution >= 0.6 is 31.3 Å². The van der Waals surface area contributed by atoms with Crippen molar-refractivity contribution < 1.29 is 80.7 Å². The Kier molecular flexibility index (Phi) is 11.4. The van der Waals surface area contributed by atoms with Gasteiger partial charge in [-0.3, -0.25) is 0 Å². The van der Waals surface area contributed by atoms with Crippen molar-refractivity contribution in [3.63, 3.8) is 0 Å². The highest BCUT2D eigenvalue weighted by molar-refractivity contribution is 7.69. The molecular formula is C4H14O17P4. The monoisotopic (exact) mass is 458 g/mol. The molecule has 0 spiro atoms. The van der Waals surface area contributed by atoms with Gasteiger partial charge in [0.15, 0.2) is 6.29 Å². The number of aldehydes is 1. The zero-order valence-corrected chi connectivity index (χ0v) is 15.1. The highest BCUT2D eigenvalue weighted by Crippen LogP contribution is 2.69. The third-order valence-electron chi connectivity index (χ3n) is 1.35. The van der Waals surface area contributed by atoms with E-state index in [1.807, 2.05) is 0 Å². The van der Waals surface area contributed by atoms with Gasteiger partial charge in [-0.2, -0.15) is 12.9 Å². The van der Waals surface area contributed by atoms with Crippen molar-refractivity contribution >= 4 is 37.6 Å². The Labute approximate surface area is 138 Å². The molecule has 0 aliphatic heterocycles. The molecule has 0 aliphatic carbocycles. The average Bonchev–Trinajstić information content (AvgIpc) is 2.29. The smallest absolute Gasteiger partial charge is 0.394 e. The number of carbonyl (C=O) groups excluding carboxylic acids is 1. The molecule has 9 N–H and O–H groups in total. The van der Waals surface area contributed by atoms with Crippen LogP contribution in [0.5, 0.6) is 0 Å². The van der Waals surface area contributed by atoms with Crippen LogP contribution in [-0.4, -0.2) is 69.8 Å². The summed E-state index contributed by atoms with van der Waals surface area (Å²) < 4.78 is 50.9. The molecule has 2 unspecified atom stereocenters. The molecule has 0 heterocycles. The van der Waals surface area contributed by atoms with E-state index < -0.39 is 50.1 Å². The number of aliphatic hydroxyl groups excluding tert-OH is 3. The number of rotatable bonds is 9. The van der Waals surface area contributed by atoms with Crippen molar-refractivity contribution in [3.8, 4) is 0 Å². The summed E-state index contributed by atoms with van der Waals surface area (Å²) >= 11 is 0. The second-order valence-corrected chi connectivity index (χ2v) is 9.34. The molecule has 0 saturated heterocycles. The summed E-state index contributed by atoms with van der Waals surface area (Å²) in [4.78, 5) is 59.0. The summed E-state index contributed by atoms with van der Waals surface area (Å²) in [7, 11) is -22.6. The molecule has 0 bridgehead atoms. The zero-order valence-electron chi connectivity index (χ0n) is 11.5. The predicted molar refractivity (Wildman–Crippen MR) is 72.2 cm³/mol. The highest BCUT2D eigenvalue weighted by Gasteiger charge is 2.43. The SMILES string of the molecule is O=C[C@H](O)[C@H](O)CO.O=P(O)(O)OP(=O)(O)OP(=O)(O)OP(=O)(O)O. The molecule has 0 fully saturated rings. The lowest BCUT2D eigenvalue weighted by atomic mass is 10.2. The van der Waals surface area contributed by atoms with E-state index in [1.54, 1.807) is 0 Å². The molecular weight excluding hydrogens is 444 g/mol. The van der Waals surface area contributed by atoms with Crippen LogP contribution in [0.4, 0.5) is 0 Å². The largest absolute Gasteiger partial charge is 0.490 e. The van der Waals surface area contributed by atoms with Crippen LogP contribution in [0.3, 0.4) is 0 Å². The second-order valence-electron chi connectivity index (χ2n) is 3.54. The molecule has 4 atom stereocenters. The minimum Gasteiger partial charge on any atom is -0.394 e. The van der Waals surface area contributed by atoms with Crippen molar-refractivity contribution in [2.75, 3.05) is 6.61 Å². The first-order valence-corrected chi connectivity index (χ1v) is 11.2. The van der Waals surface area contributed by atoms with E-state index in [0.717, 1.165) is 0 Å². The zero-order chi connectivity index (χ0) is 20.7. The van der Waals surface area contributed by atoms with E-state index in [4.69, 9.17) is 44.7 Å². The summed E-state index contributed by atoms with van der Waals surface area (Å²) in [5, 5.41) is 24.8. The lowest BCUT2D eigenvalue weighted by Crippen LogP contribution is -2.30. The van der Waals surface area contributed by atoms with Crippen LogP contribution in [0.25, 0.3) is 0 Å². The standard InChI is InChI=1S/C4H8O4.H6O13P4/c5-1-3(7)4(8)2-6;1-14(2,3)11-16(7,8)13-17(9,10)12-15(4,5)6/h1,3-4,6-8H,2H2;(H,7,8)(H,9,10)(H2,1,2,3)(H2,4,5,6)/t3-,4+;/m0./s1. The molecule has 0 rings (SSSR count). The number of phosphoric acid groups is 4. The van der Waals surface area contributed by atoms with Gasteiger partial charge in [-0.1, -0.05) is 0 Å². The van der Waals surface area contributed by atoms with Gasteiger partial charge >= 0.3 is 31.3 Å². The highest BCUT2D eigenvalue weighted by atomic mass is 31.3. The third-order valence-corrected chi connectivity index (χ3v) is 6.35. The van der Waals surface area contributed by atoms with Crippen molar-refractivity contribution in [3.05, 3.63) is 0 Å². The fourth-order valence-corrected chi connectivity index (χ4v) is 4.60. The lowest BCUT2D eigenvalue weighted by molar-refractivity contribution is -0.121. The Morgan fingerprint density at radius 2 is 1.08 bits per heavy atom. The van der Waals surface area contributed by atoms with Gasteiger partial charge in [-0.15, -0.1) is 0 Å². The topological polar surface area (TPSA) is 295 Å². The summed E-state index contributed by atoms with van der Waals surface area (Å²) in [5.41, 5.74) is 0.